The van der Waals surface area contributed by atoms with E-state index in [0.717, 1.165) is 22.4 Å². The largest absolute Gasteiger partial charge is 0.385 e. The topological polar surface area (TPSA) is 110 Å². The normalized spacial score (nSPS) is 21.2. The Kier molecular flexibility index (Phi) is 4.51. The predicted molar refractivity (Wildman–Crippen MR) is 113 cm³/mol. The Bertz CT molecular complexity index is 1100. The Morgan fingerprint density at radius 3 is 2.76 bits per heavy atom. The van der Waals surface area contributed by atoms with Gasteiger partial charge in [0.15, 0.2) is 0 Å². The number of aryl methyl sites for hydroxylation is 1. The van der Waals surface area contributed by atoms with Gasteiger partial charge >= 0.3 is 0 Å². The Hall–Kier alpha value is -2.39. The second kappa shape index (κ2) is 6.56. The van der Waals surface area contributed by atoms with Crippen molar-refractivity contribution in [3.8, 4) is 0 Å². The summed E-state index contributed by atoms with van der Waals surface area (Å²) in [7, 11) is -3.42. The van der Waals surface area contributed by atoms with E-state index in [4.69, 9.17) is 5.73 Å². The van der Waals surface area contributed by atoms with Crippen molar-refractivity contribution < 1.29 is 13.2 Å². The van der Waals surface area contributed by atoms with Crippen LogP contribution in [0.1, 0.15) is 53.4 Å². The second-order valence-electron chi connectivity index (χ2n) is 8.41. The van der Waals surface area contributed by atoms with E-state index in [2.05, 4.69) is 10.4 Å². The number of para-hydroxylation sites is 1. The number of benzene rings is 1. The first-order valence-corrected chi connectivity index (χ1v) is 11.6. The standard InChI is InChI=1S/C20H27N5O3S/c1-12-6-5-7-13-14(8-10-22-16(12)13)19(26)25-18(21)15-9-11-24(29(4,27)28)20(2,3)17(15)23-25/h5-7,14,22H,8-11,21H2,1-4H3. The van der Waals surface area contributed by atoms with Gasteiger partial charge in [0.2, 0.25) is 10.0 Å². The highest BCUT2D eigenvalue weighted by molar-refractivity contribution is 7.88. The average molecular weight is 418 g/mol. The molecule has 2 aliphatic rings. The number of anilines is 2. The van der Waals surface area contributed by atoms with Crippen LogP contribution in [-0.4, -0.2) is 47.8 Å². The molecule has 8 nitrogen and oxygen atoms in total. The van der Waals surface area contributed by atoms with Gasteiger partial charge in [-0.15, -0.1) is 0 Å². The number of carbonyl (C=O) groups is 1. The predicted octanol–water partition coefficient (Wildman–Crippen LogP) is 2.07. The lowest BCUT2D eigenvalue weighted by atomic mass is 9.88. The van der Waals surface area contributed by atoms with Gasteiger partial charge in [-0.25, -0.2) is 8.42 Å². The zero-order chi connectivity index (χ0) is 21.1. The van der Waals surface area contributed by atoms with E-state index < -0.39 is 15.6 Å². The van der Waals surface area contributed by atoms with E-state index >= 15 is 0 Å². The van der Waals surface area contributed by atoms with Crippen molar-refractivity contribution in [3.63, 3.8) is 0 Å². The van der Waals surface area contributed by atoms with Crippen molar-refractivity contribution in [1.82, 2.24) is 14.1 Å². The van der Waals surface area contributed by atoms with Gasteiger partial charge in [-0.1, -0.05) is 18.2 Å². The van der Waals surface area contributed by atoms with E-state index in [1.54, 1.807) is 13.8 Å². The number of aromatic nitrogens is 2. The van der Waals surface area contributed by atoms with Gasteiger partial charge < -0.3 is 11.1 Å². The first-order chi connectivity index (χ1) is 13.5. The molecule has 1 atom stereocenters. The molecule has 9 heteroatoms. The van der Waals surface area contributed by atoms with Crippen LogP contribution in [0.3, 0.4) is 0 Å². The maximum absolute atomic E-state index is 13.5. The van der Waals surface area contributed by atoms with E-state index in [1.165, 1.54) is 15.2 Å². The van der Waals surface area contributed by atoms with Crippen LogP contribution in [-0.2, 0) is 22.0 Å². The number of sulfonamides is 1. The van der Waals surface area contributed by atoms with Crippen molar-refractivity contribution in [2.45, 2.75) is 45.1 Å². The second-order valence-corrected chi connectivity index (χ2v) is 10.3. The smallest absolute Gasteiger partial charge is 0.256 e. The summed E-state index contributed by atoms with van der Waals surface area (Å²) in [5.74, 6) is -0.199. The molecule has 156 valence electrons. The third-order valence-corrected chi connectivity index (χ3v) is 7.55. The summed E-state index contributed by atoms with van der Waals surface area (Å²) < 4.78 is 27.2. The Labute approximate surface area is 171 Å². The molecular weight excluding hydrogens is 390 g/mol. The van der Waals surface area contributed by atoms with Crippen molar-refractivity contribution in [1.29, 1.82) is 0 Å². The van der Waals surface area contributed by atoms with Crippen LogP contribution in [0.15, 0.2) is 18.2 Å². The lowest BCUT2D eigenvalue weighted by Gasteiger charge is -2.39. The van der Waals surface area contributed by atoms with Crippen LogP contribution in [0.5, 0.6) is 0 Å². The van der Waals surface area contributed by atoms with Gasteiger partial charge in [-0.2, -0.15) is 14.1 Å². The van der Waals surface area contributed by atoms with Crippen LogP contribution in [0.2, 0.25) is 0 Å². The van der Waals surface area contributed by atoms with Crippen molar-refractivity contribution in [2.24, 2.45) is 0 Å². The molecular formula is C20H27N5O3S. The molecule has 0 fully saturated rings. The SMILES string of the molecule is Cc1cccc2c1NCCC2C(=O)n1nc2c(c1N)CCN(S(C)(=O)=O)C2(C)C. The first-order valence-electron chi connectivity index (χ1n) is 9.76. The molecule has 29 heavy (non-hydrogen) atoms. The summed E-state index contributed by atoms with van der Waals surface area (Å²) in [6.45, 7) is 6.63. The summed E-state index contributed by atoms with van der Waals surface area (Å²) >= 11 is 0. The van der Waals surface area contributed by atoms with Gasteiger partial charge in [0.1, 0.15) is 5.82 Å². The Morgan fingerprint density at radius 2 is 2.07 bits per heavy atom. The molecule has 0 amide bonds. The van der Waals surface area contributed by atoms with E-state index in [0.29, 0.717) is 37.4 Å². The van der Waals surface area contributed by atoms with E-state index in [-0.39, 0.29) is 11.8 Å². The number of nitrogen functional groups attached to an aromatic ring is 1. The molecule has 0 aliphatic carbocycles. The lowest BCUT2D eigenvalue weighted by Crippen LogP contribution is -2.49. The highest BCUT2D eigenvalue weighted by atomic mass is 32.2. The van der Waals surface area contributed by atoms with Crippen LogP contribution < -0.4 is 11.1 Å². The highest BCUT2D eigenvalue weighted by Crippen LogP contribution is 2.40. The fraction of sp³-hybridized carbons (Fsp3) is 0.500. The molecule has 3 heterocycles. The van der Waals surface area contributed by atoms with Crippen molar-refractivity contribution in [3.05, 3.63) is 40.6 Å². The van der Waals surface area contributed by atoms with Gasteiger partial charge in [0, 0.05) is 24.3 Å². The van der Waals surface area contributed by atoms with Gasteiger partial charge in [0.05, 0.1) is 23.4 Å². The number of rotatable bonds is 2. The van der Waals surface area contributed by atoms with Crippen molar-refractivity contribution >= 4 is 27.4 Å². The Morgan fingerprint density at radius 1 is 1.34 bits per heavy atom. The molecule has 0 bridgehead atoms. The maximum atomic E-state index is 13.5. The van der Waals surface area contributed by atoms with Gasteiger partial charge in [-0.3, -0.25) is 4.79 Å². The number of fused-ring (bicyclic) bond motifs is 2. The van der Waals surface area contributed by atoms with Crippen LogP contribution >= 0.6 is 0 Å². The number of nitrogens with two attached hydrogens (primary N) is 1. The maximum Gasteiger partial charge on any atom is 0.256 e. The van der Waals surface area contributed by atoms with Crippen LogP contribution in [0, 0.1) is 6.92 Å². The third kappa shape index (κ3) is 3.03. The van der Waals surface area contributed by atoms with E-state index in [1.807, 2.05) is 25.1 Å². The molecule has 0 saturated heterocycles. The van der Waals surface area contributed by atoms with Crippen LogP contribution in [0.4, 0.5) is 11.5 Å². The fourth-order valence-corrected chi connectivity index (χ4v) is 6.02. The number of carbonyl (C=O) groups excluding carboxylic acids is 1. The third-order valence-electron chi connectivity index (χ3n) is 6.11. The quantitative estimate of drug-likeness (QED) is 0.774. The van der Waals surface area contributed by atoms with E-state index in [9.17, 15) is 13.2 Å². The summed E-state index contributed by atoms with van der Waals surface area (Å²) in [6.07, 6.45) is 2.28. The molecule has 0 saturated carbocycles. The highest BCUT2D eigenvalue weighted by Gasteiger charge is 2.44. The molecule has 1 aromatic heterocycles. The molecule has 3 N–H and O–H groups in total. The van der Waals surface area contributed by atoms with Gasteiger partial charge in [0.25, 0.3) is 5.91 Å². The fourth-order valence-electron chi connectivity index (χ4n) is 4.68. The summed E-state index contributed by atoms with van der Waals surface area (Å²) in [6, 6.07) is 5.93. The molecule has 1 unspecified atom stereocenters. The Balaban J connectivity index is 1.77. The monoisotopic (exact) mass is 417 g/mol. The van der Waals surface area contributed by atoms with Crippen molar-refractivity contribution in [2.75, 3.05) is 30.4 Å². The number of nitrogens with zero attached hydrogens (tertiary/aromatic N) is 3. The van der Waals surface area contributed by atoms with Crippen LogP contribution in [0.25, 0.3) is 0 Å². The molecule has 2 aromatic rings. The molecule has 4 rings (SSSR count). The minimum atomic E-state index is -3.42. The summed E-state index contributed by atoms with van der Waals surface area (Å²) in [5.41, 5.74) is 9.84. The molecule has 2 aliphatic heterocycles. The molecule has 0 radical (unpaired) electrons. The zero-order valence-corrected chi connectivity index (χ0v) is 18.0. The van der Waals surface area contributed by atoms with Gasteiger partial charge in [-0.05, 0) is 44.7 Å². The average Bonchev–Trinajstić information content (AvgIpc) is 2.98. The number of hydrogen-bond donors (Lipinski definition) is 2. The molecule has 0 spiro atoms. The first kappa shape index (κ1) is 19.9. The summed E-state index contributed by atoms with van der Waals surface area (Å²) in [5, 5.41) is 7.93. The summed E-state index contributed by atoms with van der Waals surface area (Å²) in [4.78, 5) is 13.5. The zero-order valence-electron chi connectivity index (χ0n) is 17.2. The number of hydrogen-bond acceptors (Lipinski definition) is 6. The lowest BCUT2D eigenvalue weighted by molar-refractivity contribution is 0.0857. The number of nitrogens with one attached hydrogen (secondary N) is 1. The minimum Gasteiger partial charge on any atom is -0.385 e. The minimum absolute atomic E-state index is 0.174. The molecule has 1 aromatic carbocycles.